The first kappa shape index (κ1) is 3.08. The van der Waals surface area contributed by atoms with E-state index in [9.17, 15) is 0 Å². The highest BCUT2D eigenvalue weighted by Gasteiger charge is 1.62. The topological polar surface area (TPSA) is 12.0 Å². The molecule has 0 aromatic heterocycles. The lowest BCUT2D eigenvalue weighted by atomic mass is 10.5. The highest BCUT2D eigenvalue weighted by molar-refractivity contribution is 5.18. The Bertz CT molecular complexity index is 151. The van der Waals surface area contributed by atoms with Gasteiger partial charge in [-0.2, -0.15) is 0 Å². The van der Waals surface area contributed by atoms with Gasteiger partial charge in [-0.05, 0) is 5.92 Å². The molecular formula is C5H3N. The molecule has 28 valence electrons. The first-order valence-corrected chi connectivity index (χ1v) is 1.65. The highest BCUT2D eigenvalue weighted by Crippen LogP contribution is 1.65. The third-order valence-corrected chi connectivity index (χ3v) is 0.455. The minimum absolute atomic E-state index is 1.66. The van der Waals surface area contributed by atoms with Gasteiger partial charge >= 0.3 is 0 Å². The Morgan fingerprint density at radius 1 is 1.50 bits per heavy atom. The van der Waals surface area contributed by atoms with Crippen LogP contribution in [0.3, 0.4) is 0 Å². The van der Waals surface area contributed by atoms with Crippen LogP contribution in [0.25, 0.3) is 0 Å². The molecule has 0 atom stereocenters. The lowest BCUT2D eigenvalue weighted by Crippen LogP contribution is -1.91. The molecule has 1 nitrogen and oxygen atoms in total. The molecule has 0 saturated carbocycles. The minimum Gasteiger partial charge on any atom is -0.314 e. The van der Waals surface area contributed by atoms with Gasteiger partial charge in [0.2, 0.25) is 0 Å². The predicted molar refractivity (Wildman–Crippen MR) is 23.6 cm³/mol. The van der Waals surface area contributed by atoms with Crippen molar-refractivity contribution < 1.29 is 0 Å². The maximum atomic E-state index is 2.75. The fourth-order valence-electron chi connectivity index (χ4n) is 0.239. The summed E-state index contributed by atoms with van der Waals surface area (Å²) in [5, 5.41) is 2.66. The molecule has 1 aliphatic rings. The van der Waals surface area contributed by atoms with Crippen molar-refractivity contribution in [2.75, 3.05) is 0 Å². The van der Waals surface area contributed by atoms with Crippen molar-refractivity contribution >= 4 is 0 Å². The molecule has 0 radical (unpaired) electrons. The Balaban J connectivity index is 2.88. The smallest absolute Gasteiger partial charge is 0.0522 e. The maximum Gasteiger partial charge on any atom is 0.0522 e. The number of nitrogens with one attached hydrogen (secondary N) is 1. The third kappa shape index (κ3) is 0.427. The van der Waals surface area contributed by atoms with Crippen LogP contribution in [0, 0.1) is 12.0 Å². The SMILES string of the molecule is C1=CC#CNC=1. The van der Waals surface area contributed by atoms with E-state index in [0.717, 1.165) is 0 Å². The van der Waals surface area contributed by atoms with Crippen LogP contribution in [0.1, 0.15) is 0 Å². The number of rotatable bonds is 0. The zero-order valence-electron chi connectivity index (χ0n) is 3.15. The number of allylic oxidation sites excluding steroid dienone is 1. The van der Waals surface area contributed by atoms with Crippen molar-refractivity contribution in [3.63, 3.8) is 0 Å². The van der Waals surface area contributed by atoms with Crippen molar-refractivity contribution in [2.45, 2.75) is 0 Å². The molecule has 1 N–H and O–H groups in total. The lowest BCUT2D eigenvalue weighted by Gasteiger charge is -1.78. The van der Waals surface area contributed by atoms with Gasteiger partial charge in [-0.1, -0.05) is 5.73 Å². The highest BCUT2D eigenvalue weighted by atomic mass is 14.8. The molecule has 0 unspecified atom stereocenters. The van der Waals surface area contributed by atoms with Gasteiger partial charge in [0, 0.05) is 12.1 Å². The quantitative estimate of drug-likeness (QED) is 0.322. The van der Waals surface area contributed by atoms with E-state index >= 15 is 0 Å². The van der Waals surface area contributed by atoms with E-state index in [4.69, 9.17) is 0 Å². The average molecular weight is 77.1 g/mol. The van der Waals surface area contributed by atoms with Crippen LogP contribution >= 0.6 is 0 Å². The van der Waals surface area contributed by atoms with Crippen LogP contribution in [0.5, 0.6) is 0 Å². The van der Waals surface area contributed by atoms with Crippen LogP contribution in [0.2, 0.25) is 0 Å². The van der Waals surface area contributed by atoms with E-state index < -0.39 is 0 Å². The van der Waals surface area contributed by atoms with Crippen LogP contribution in [-0.4, -0.2) is 0 Å². The van der Waals surface area contributed by atoms with Crippen molar-refractivity contribution in [1.29, 1.82) is 0 Å². The molecule has 0 saturated heterocycles. The Hall–Kier alpha value is -1.12. The summed E-state index contributed by atoms with van der Waals surface area (Å²) in [5.41, 5.74) is 2.75. The van der Waals surface area contributed by atoms with Crippen molar-refractivity contribution in [2.24, 2.45) is 0 Å². The normalized spacial score (nSPS) is 12.0. The number of hydrogen-bond acceptors (Lipinski definition) is 1. The van der Waals surface area contributed by atoms with Crippen molar-refractivity contribution in [3.8, 4) is 12.0 Å². The molecule has 0 aliphatic carbocycles. The summed E-state index contributed by atoms with van der Waals surface area (Å²) < 4.78 is 0. The van der Waals surface area contributed by atoms with E-state index in [1.54, 1.807) is 12.3 Å². The second kappa shape index (κ2) is 1.35. The molecule has 1 heterocycles. The second-order valence-electron chi connectivity index (χ2n) is 0.869. The minimum atomic E-state index is 1.66. The first-order valence-electron chi connectivity index (χ1n) is 1.65. The lowest BCUT2D eigenvalue weighted by molar-refractivity contribution is 1.26. The second-order valence-corrected chi connectivity index (χ2v) is 0.869. The van der Waals surface area contributed by atoms with Gasteiger partial charge in [-0.3, -0.25) is 0 Å². The van der Waals surface area contributed by atoms with E-state index in [0.29, 0.717) is 0 Å². The molecule has 6 heavy (non-hydrogen) atoms. The molecule has 0 amide bonds. The molecule has 0 bridgehead atoms. The van der Waals surface area contributed by atoms with Crippen molar-refractivity contribution in [3.05, 3.63) is 18.0 Å². The summed E-state index contributed by atoms with van der Waals surface area (Å²) >= 11 is 0. The molecule has 0 aromatic rings. The van der Waals surface area contributed by atoms with Gasteiger partial charge < -0.3 is 5.32 Å². The zero-order chi connectivity index (χ0) is 4.24. The summed E-state index contributed by atoms with van der Waals surface area (Å²) in [6.45, 7) is 0. The van der Waals surface area contributed by atoms with E-state index in [-0.39, 0.29) is 0 Å². The zero-order valence-corrected chi connectivity index (χ0v) is 3.15. The average Bonchev–Trinajstić information content (AvgIpc) is 1.72. The fourth-order valence-corrected chi connectivity index (χ4v) is 0.239. The Morgan fingerprint density at radius 2 is 2.50 bits per heavy atom. The van der Waals surface area contributed by atoms with Gasteiger partial charge in [0.25, 0.3) is 0 Å². The largest absolute Gasteiger partial charge is 0.314 e. The van der Waals surface area contributed by atoms with Gasteiger partial charge in [-0.15, -0.1) is 0 Å². The summed E-state index contributed by atoms with van der Waals surface area (Å²) in [7, 11) is 0. The number of hydrogen-bond donors (Lipinski definition) is 1. The van der Waals surface area contributed by atoms with Gasteiger partial charge in [0.05, 0.1) is 6.20 Å². The van der Waals surface area contributed by atoms with Gasteiger partial charge in [0.15, 0.2) is 0 Å². The van der Waals surface area contributed by atoms with Crippen LogP contribution in [-0.2, 0) is 0 Å². The Morgan fingerprint density at radius 3 is 2.67 bits per heavy atom. The standard InChI is InChI=1S/C5H3N/c1-2-4-6-5-3-1/h1,4,6H. The monoisotopic (exact) mass is 77.0 g/mol. The molecule has 1 heteroatoms. The third-order valence-electron chi connectivity index (χ3n) is 0.455. The first-order chi connectivity index (χ1) is 3.00. The van der Waals surface area contributed by atoms with Crippen molar-refractivity contribution in [1.82, 2.24) is 5.32 Å². The Labute approximate surface area is 36.4 Å². The molecular weight excluding hydrogens is 74.1 g/mol. The maximum absolute atomic E-state index is 2.75. The predicted octanol–water partition coefficient (Wildman–Crippen LogP) is 0.219. The van der Waals surface area contributed by atoms with Crippen LogP contribution in [0.4, 0.5) is 0 Å². The van der Waals surface area contributed by atoms with Gasteiger partial charge in [0.1, 0.15) is 0 Å². The summed E-state index contributed by atoms with van der Waals surface area (Å²) in [6, 6.07) is 2.61. The Kier molecular flexibility index (Phi) is 0.695. The summed E-state index contributed by atoms with van der Waals surface area (Å²) in [4.78, 5) is 0. The van der Waals surface area contributed by atoms with Crippen LogP contribution in [0.15, 0.2) is 18.0 Å². The van der Waals surface area contributed by atoms with E-state index in [1.165, 1.54) is 0 Å². The van der Waals surface area contributed by atoms with Gasteiger partial charge in [-0.25, -0.2) is 0 Å². The van der Waals surface area contributed by atoms with E-state index in [1.807, 2.05) is 0 Å². The molecule has 0 fully saturated rings. The molecule has 1 rings (SSSR count). The summed E-state index contributed by atoms with van der Waals surface area (Å²) in [5.74, 6) is 2.66. The summed E-state index contributed by atoms with van der Waals surface area (Å²) in [6.07, 6.45) is 3.33. The molecule has 0 spiro atoms. The molecule has 1 aliphatic heterocycles. The van der Waals surface area contributed by atoms with E-state index in [2.05, 4.69) is 23.0 Å². The fraction of sp³-hybridized carbons (Fsp3) is 0. The van der Waals surface area contributed by atoms with Crippen LogP contribution < -0.4 is 5.32 Å². The molecule has 0 aromatic carbocycles.